The minimum absolute atomic E-state index is 0.186. The summed E-state index contributed by atoms with van der Waals surface area (Å²) in [6.45, 7) is 0. The van der Waals surface area contributed by atoms with Gasteiger partial charge in [0.2, 0.25) is 0 Å². The maximum atomic E-state index is 12.8. The van der Waals surface area contributed by atoms with Crippen molar-refractivity contribution < 1.29 is 28.6 Å². The summed E-state index contributed by atoms with van der Waals surface area (Å²) in [5.74, 6) is -1.45. The first-order valence-electron chi connectivity index (χ1n) is 11.3. The summed E-state index contributed by atoms with van der Waals surface area (Å²) in [5.41, 5.74) is 3.31. The Labute approximate surface area is 226 Å². The first-order valence-corrected chi connectivity index (χ1v) is 12.0. The molecular weight excluding hydrogens is 554 g/mol. The number of amides is 2. The van der Waals surface area contributed by atoms with Gasteiger partial charge in [0.05, 0.1) is 26.0 Å². The van der Waals surface area contributed by atoms with Crippen molar-refractivity contribution in [1.82, 2.24) is 5.43 Å². The number of hydrazone groups is 1. The fourth-order valence-corrected chi connectivity index (χ4v) is 3.94. The van der Waals surface area contributed by atoms with Crippen LogP contribution in [0.3, 0.4) is 0 Å². The molecule has 0 saturated heterocycles. The highest BCUT2D eigenvalue weighted by molar-refractivity contribution is 9.10. The molecule has 2 amide bonds. The van der Waals surface area contributed by atoms with Gasteiger partial charge in [0.15, 0.2) is 11.5 Å². The van der Waals surface area contributed by atoms with Crippen molar-refractivity contribution in [3.05, 3.63) is 94.5 Å². The molecule has 9 nitrogen and oxygen atoms in total. The predicted octanol–water partition coefficient (Wildman–Crippen LogP) is 4.93. The highest BCUT2D eigenvalue weighted by Crippen LogP contribution is 2.29. The van der Waals surface area contributed by atoms with Crippen molar-refractivity contribution in [3.63, 3.8) is 0 Å². The number of fused-ring (bicyclic) bond motifs is 1. The molecule has 0 aliphatic heterocycles. The van der Waals surface area contributed by atoms with Crippen molar-refractivity contribution in [2.45, 2.75) is 0 Å². The average Bonchev–Trinajstić information content (AvgIpc) is 2.94. The average molecular weight is 576 g/mol. The number of rotatable bonds is 7. The minimum atomic E-state index is -0.965. The molecule has 0 fully saturated rings. The standard InChI is InChI=1S/C28H22BrN3O6/c1-36-24-12-10-18(15-25(24)37-2)28(35)38-23-13-11-20(29)14-19(23)16-30-32-27(34)26(33)31-22-9-5-7-17-6-3-4-8-21(17)22/h3-16H,1-2H3,(H,31,33)(H,32,34). The summed E-state index contributed by atoms with van der Waals surface area (Å²) in [6.07, 6.45) is 1.27. The van der Waals surface area contributed by atoms with E-state index in [-0.39, 0.29) is 11.3 Å². The van der Waals surface area contributed by atoms with E-state index in [0.717, 1.165) is 10.8 Å². The number of benzene rings is 4. The predicted molar refractivity (Wildman–Crippen MR) is 147 cm³/mol. The highest BCUT2D eigenvalue weighted by atomic mass is 79.9. The molecular formula is C28H22BrN3O6. The summed E-state index contributed by atoms with van der Waals surface area (Å²) >= 11 is 3.36. The lowest BCUT2D eigenvalue weighted by atomic mass is 10.1. The van der Waals surface area contributed by atoms with Crippen molar-refractivity contribution >= 4 is 56.4 Å². The van der Waals surface area contributed by atoms with Crippen LogP contribution in [0.2, 0.25) is 0 Å². The molecule has 4 rings (SSSR count). The fourth-order valence-electron chi connectivity index (χ4n) is 3.56. The third kappa shape index (κ3) is 6.16. The molecule has 0 aliphatic carbocycles. The Morgan fingerprint density at radius 3 is 2.34 bits per heavy atom. The Bertz CT molecular complexity index is 1550. The Morgan fingerprint density at radius 2 is 1.55 bits per heavy atom. The second-order valence-corrected chi connectivity index (χ2v) is 8.74. The lowest BCUT2D eigenvalue weighted by molar-refractivity contribution is -0.136. The topological polar surface area (TPSA) is 115 Å². The lowest BCUT2D eigenvalue weighted by Crippen LogP contribution is -2.32. The van der Waals surface area contributed by atoms with Crippen molar-refractivity contribution in [2.75, 3.05) is 19.5 Å². The van der Waals surface area contributed by atoms with E-state index < -0.39 is 17.8 Å². The second-order valence-electron chi connectivity index (χ2n) is 7.82. The van der Waals surface area contributed by atoms with E-state index in [1.165, 1.54) is 26.5 Å². The van der Waals surface area contributed by atoms with Crippen molar-refractivity contribution in [3.8, 4) is 17.2 Å². The lowest BCUT2D eigenvalue weighted by Gasteiger charge is -2.11. The summed E-state index contributed by atoms with van der Waals surface area (Å²) in [5, 5.41) is 8.18. The van der Waals surface area contributed by atoms with E-state index in [4.69, 9.17) is 14.2 Å². The Kier molecular flexibility index (Phi) is 8.34. The molecule has 38 heavy (non-hydrogen) atoms. The number of nitrogens with zero attached hydrogens (tertiary/aromatic N) is 1. The van der Waals surface area contributed by atoms with E-state index >= 15 is 0 Å². The largest absolute Gasteiger partial charge is 0.493 e. The Hall–Kier alpha value is -4.70. The molecule has 4 aromatic rings. The highest BCUT2D eigenvalue weighted by Gasteiger charge is 2.16. The van der Waals surface area contributed by atoms with E-state index in [9.17, 15) is 14.4 Å². The zero-order valence-corrected chi connectivity index (χ0v) is 21.9. The van der Waals surface area contributed by atoms with Gasteiger partial charge in [-0.3, -0.25) is 9.59 Å². The van der Waals surface area contributed by atoms with E-state index in [1.54, 1.807) is 42.5 Å². The van der Waals surface area contributed by atoms with Gasteiger partial charge >= 0.3 is 17.8 Å². The Morgan fingerprint density at radius 1 is 0.816 bits per heavy atom. The number of halogens is 1. The number of methoxy groups -OCH3 is 2. The molecule has 0 heterocycles. The van der Waals surface area contributed by atoms with Gasteiger partial charge in [0, 0.05) is 21.1 Å². The molecule has 0 atom stereocenters. The zero-order chi connectivity index (χ0) is 27.1. The van der Waals surface area contributed by atoms with Crippen molar-refractivity contribution in [1.29, 1.82) is 0 Å². The molecule has 2 N–H and O–H groups in total. The van der Waals surface area contributed by atoms with Crippen LogP contribution >= 0.6 is 15.9 Å². The van der Waals surface area contributed by atoms with Crippen LogP contribution < -0.4 is 25.0 Å². The third-order valence-electron chi connectivity index (χ3n) is 5.41. The maximum absolute atomic E-state index is 12.8. The van der Waals surface area contributed by atoms with Crippen LogP contribution in [-0.4, -0.2) is 38.2 Å². The first-order chi connectivity index (χ1) is 18.4. The molecule has 0 radical (unpaired) electrons. The smallest absolute Gasteiger partial charge is 0.343 e. The maximum Gasteiger partial charge on any atom is 0.343 e. The van der Waals surface area contributed by atoms with Gasteiger partial charge in [-0.1, -0.05) is 52.3 Å². The summed E-state index contributed by atoms with van der Waals surface area (Å²) < 4.78 is 16.7. The Balaban J connectivity index is 1.44. The van der Waals surface area contributed by atoms with Gasteiger partial charge < -0.3 is 19.5 Å². The van der Waals surface area contributed by atoms with Crippen LogP contribution in [0.15, 0.2) is 88.4 Å². The first kappa shape index (κ1) is 26.4. The number of ether oxygens (including phenoxy) is 3. The van der Waals surface area contributed by atoms with E-state index in [0.29, 0.717) is 27.2 Å². The molecule has 0 aliphatic rings. The number of carbonyl (C=O) groups is 3. The number of hydrogen-bond acceptors (Lipinski definition) is 7. The molecule has 0 spiro atoms. The number of esters is 1. The van der Waals surface area contributed by atoms with Crippen LogP contribution in [-0.2, 0) is 9.59 Å². The molecule has 4 aromatic carbocycles. The van der Waals surface area contributed by atoms with Crippen LogP contribution in [0.5, 0.6) is 17.2 Å². The quantitative estimate of drug-likeness (QED) is 0.106. The zero-order valence-electron chi connectivity index (χ0n) is 20.4. The van der Waals surface area contributed by atoms with Crippen LogP contribution in [0.25, 0.3) is 10.8 Å². The fraction of sp³-hybridized carbons (Fsp3) is 0.0714. The second kappa shape index (κ2) is 12.0. The molecule has 192 valence electrons. The molecule has 0 bridgehead atoms. The normalized spacial score (nSPS) is 10.7. The number of anilines is 1. The number of nitrogens with one attached hydrogen (secondary N) is 2. The number of hydrogen-bond donors (Lipinski definition) is 2. The van der Waals surface area contributed by atoms with Crippen LogP contribution in [0, 0.1) is 0 Å². The summed E-state index contributed by atoms with van der Waals surface area (Å²) in [4.78, 5) is 37.5. The molecule has 10 heteroatoms. The summed E-state index contributed by atoms with van der Waals surface area (Å²) in [6, 6.07) is 22.4. The van der Waals surface area contributed by atoms with Gasteiger partial charge in [-0.25, -0.2) is 10.2 Å². The molecule has 0 unspecified atom stereocenters. The summed E-state index contributed by atoms with van der Waals surface area (Å²) in [7, 11) is 2.96. The van der Waals surface area contributed by atoms with Gasteiger partial charge in [0.1, 0.15) is 5.75 Å². The monoisotopic (exact) mass is 575 g/mol. The van der Waals surface area contributed by atoms with Gasteiger partial charge in [-0.05, 0) is 47.9 Å². The van der Waals surface area contributed by atoms with Gasteiger partial charge in [-0.15, -0.1) is 0 Å². The van der Waals surface area contributed by atoms with Gasteiger partial charge in [0.25, 0.3) is 0 Å². The molecule has 0 aromatic heterocycles. The SMILES string of the molecule is COc1ccc(C(=O)Oc2ccc(Br)cc2C=NNC(=O)C(=O)Nc2cccc3ccccc23)cc1OC. The van der Waals surface area contributed by atoms with Gasteiger partial charge in [-0.2, -0.15) is 5.10 Å². The van der Waals surface area contributed by atoms with E-state index in [2.05, 4.69) is 31.8 Å². The van der Waals surface area contributed by atoms with E-state index in [1.807, 2.05) is 30.3 Å². The molecule has 0 saturated carbocycles. The van der Waals surface area contributed by atoms with Crippen molar-refractivity contribution in [2.24, 2.45) is 5.10 Å². The number of carbonyl (C=O) groups excluding carboxylic acids is 3. The van der Waals surface area contributed by atoms with Crippen LogP contribution in [0.1, 0.15) is 15.9 Å². The van der Waals surface area contributed by atoms with Crippen LogP contribution in [0.4, 0.5) is 5.69 Å². The minimum Gasteiger partial charge on any atom is -0.493 e. The third-order valence-corrected chi connectivity index (χ3v) is 5.90.